The molecule has 1 N–H and O–H groups in total. The van der Waals surface area contributed by atoms with Crippen LogP contribution < -0.4 is 5.32 Å². The van der Waals surface area contributed by atoms with Crippen molar-refractivity contribution in [3.05, 3.63) is 29.3 Å². The van der Waals surface area contributed by atoms with Gasteiger partial charge < -0.3 is 0 Å². The Balaban J connectivity index is 2.32. The number of nitrogens with one attached hydrogen (secondary N) is 1. The molecule has 0 bridgehead atoms. The van der Waals surface area contributed by atoms with Crippen LogP contribution in [0.5, 0.6) is 0 Å². The highest BCUT2D eigenvalue weighted by Gasteiger charge is 2.21. The molecule has 20 heavy (non-hydrogen) atoms. The second-order valence-corrected chi connectivity index (χ2v) is 6.69. The first kappa shape index (κ1) is 17.1. The van der Waals surface area contributed by atoms with Gasteiger partial charge in [-0.2, -0.15) is 5.26 Å². The second-order valence-electron chi connectivity index (χ2n) is 5.55. The van der Waals surface area contributed by atoms with Crippen LogP contribution in [-0.2, 0) is 0 Å². The second kappa shape index (κ2) is 8.34. The smallest absolute Gasteiger partial charge is 0.103 e. The van der Waals surface area contributed by atoms with Gasteiger partial charge in [0.05, 0.1) is 6.07 Å². The highest BCUT2D eigenvalue weighted by Crippen LogP contribution is 2.25. The molecule has 1 atom stereocenters. The number of nitriles is 1. The summed E-state index contributed by atoms with van der Waals surface area (Å²) in [5, 5.41) is 12.5. The summed E-state index contributed by atoms with van der Waals surface area (Å²) >= 11 is 1.93. The minimum atomic E-state index is -0.362. The van der Waals surface area contributed by atoms with Crippen LogP contribution in [0.3, 0.4) is 0 Å². The number of hydrogen-bond donors (Lipinski definition) is 1. The zero-order chi connectivity index (χ0) is 15.0. The van der Waals surface area contributed by atoms with Crippen LogP contribution in [0.4, 0.5) is 0 Å². The summed E-state index contributed by atoms with van der Waals surface area (Å²) < 4.78 is 0. The van der Waals surface area contributed by atoms with E-state index in [2.05, 4.69) is 43.4 Å². The molecule has 1 aromatic rings. The van der Waals surface area contributed by atoms with Gasteiger partial charge in [0, 0.05) is 4.90 Å². The van der Waals surface area contributed by atoms with Gasteiger partial charge in [-0.3, -0.25) is 5.32 Å². The van der Waals surface area contributed by atoms with E-state index in [9.17, 15) is 5.26 Å². The molecule has 0 aliphatic carbocycles. The molecule has 2 nitrogen and oxygen atoms in total. The van der Waals surface area contributed by atoms with E-state index in [0.29, 0.717) is 0 Å². The fraction of sp³-hybridized carbons (Fsp3) is 0.588. The van der Waals surface area contributed by atoms with Gasteiger partial charge in [-0.15, -0.1) is 11.8 Å². The van der Waals surface area contributed by atoms with Gasteiger partial charge in [0.25, 0.3) is 0 Å². The minimum Gasteiger partial charge on any atom is -0.300 e. The average molecular weight is 290 g/mol. The highest BCUT2D eigenvalue weighted by atomic mass is 32.2. The van der Waals surface area contributed by atoms with E-state index in [4.69, 9.17) is 0 Å². The van der Waals surface area contributed by atoms with Gasteiger partial charge in [0.15, 0.2) is 0 Å². The molecule has 0 saturated heterocycles. The van der Waals surface area contributed by atoms with E-state index in [-0.39, 0.29) is 5.54 Å². The Morgan fingerprint density at radius 1 is 1.30 bits per heavy atom. The number of rotatable bonds is 8. The third kappa shape index (κ3) is 5.56. The summed E-state index contributed by atoms with van der Waals surface area (Å²) in [4.78, 5) is 1.39. The predicted molar refractivity (Wildman–Crippen MR) is 88.2 cm³/mol. The molecule has 1 aromatic carbocycles. The molecule has 0 spiro atoms. The monoisotopic (exact) mass is 290 g/mol. The van der Waals surface area contributed by atoms with E-state index in [1.165, 1.54) is 16.0 Å². The third-order valence-electron chi connectivity index (χ3n) is 3.49. The maximum absolute atomic E-state index is 9.20. The van der Waals surface area contributed by atoms with Gasteiger partial charge >= 0.3 is 0 Å². The SMILES string of the molecule is CCNC(C)(C#N)CCCCSc1cc(C)ccc1C. The molecule has 110 valence electrons. The molecular weight excluding hydrogens is 264 g/mol. The number of unbranched alkanes of at least 4 members (excludes halogenated alkanes) is 1. The van der Waals surface area contributed by atoms with Crippen LogP contribution in [-0.4, -0.2) is 17.8 Å². The molecule has 0 radical (unpaired) electrons. The highest BCUT2D eigenvalue weighted by molar-refractivity contribution is 7.99. The molecular formula is C17H26N2S. The van der Waals surface area contributed by atoms with E-state index >= 15 is 0 Å². The van der Waals surface area contributed by atoms with Crippen molar-refractivity contribution in [1.82, 2.24) is 5.32 Å². The van der Waals surface area contributed by atoms with Gasteiger partial charge in [0.1, 0.15) is 5.54 Å². The summed E-state index contributed by atoms with van der Waals surface area (Å²) in [6.45, 7) is 9.19. The lowest BCUT2D eigenvalue weighted by Gasteiger charge is -2.22. The lowest BCUT2D eigenvalue weighted by molar-refractivity contribution is 0.415. The molecule has 0 aliphatic heterocycles. The lowest BCUT2D eigenvalue weighted by Crippen LogP contribution is -2.40. The van der Waals surface area contributed by atoms with E-state index in [0.717, 1.165) is 31.6 Å². The number of aryl methyl sites for hydroxylation is 2. The van der Waals surface area contributed by atoms with E-state index in [1.807, 2.05) is 25.6 Å². The van der Waals surface area contributed by atoms with Gasteiger partial charge in [-0.1, -0.05) is 24.6 Å². The fourth-order valence-electron chi connectivity index (χ4n) is 2.20. The fourth-order valence-corrected chi connectivity index (χ4v) is 3.33. The molecule has 0 saturated carbocycles. The normalized spacial score (nSPS) is 13.8. The van der Waals surface area contributed by atoms with Gasteiger partial charge in [0.2, 0.25) is 0 Å². The first-order valence-corrected chi connectivity index (χ1v) is 8.35. The van der Waals surface area contributed by atoms with Crippen molar-refractivity contribution < 1.29 is 0 Å². The molecule has 1 unspecified atom stereocenters. The quantitative estimate of drug-likeness (QED) is 0.567. The summed E-state index contributed by atoms with van der Waals surface area (Å²) in [6.07, 6.45) is 3.17. The molecule has 3 heteroatoms. The topological polar surface area (TPSA) is 35.8 Å². The maximum Gasteiger partial charge on any atom is 0.103 e. The van der Waals surface area contributed by atoms with Crippen LogP contribution in [0.2, 0.25) is 0 Å². The Morgan fingerprint density at radius 2 is 2.05 bits per heavy atom. The molecule has 0 amide bonds. The van der Waals surface area contributed by atoms with Gasteiger partial charge in [-0.05, 0) is 64.0 Å². The van der Waals surface area contributed by atoms with Gasteiger partial charge in [-0.25, -0.2) is 0 Å². The van der Waals surface area contributed by atoms with Crippen molar-refractivity contribution in [3.63, 3.8) is 0 Å². The van der Waals surface area contributed by atoms with Crippen LogP contribution in [0.15, 0.2) is 23.1 Å². The zero-order valence-electron chi connectivity index (χ0n) is 13.1. The van der Waals surface area contributed by atoms with Crippen LogP contribution >= 0.6 is 11.8 Å². The molecule has 0 heterocycles. The number of benzene rings is 1. The Morgan fingerprint density at radius 3 is 2.70 bits per heavy atom. The zero-order valence-corrected chi connectivity index (χ0v) is 13.9. The molecule has 0 aliphatic rings. The third-order valence-corrected chi connectivity index (χ3v) is 4.73. The van der Waals surface area contributed by atoms with Crippen molar-refractivity contribution in [3.8, 4) is 6.07 Å². The summed E-state index contributed by atoms with van der Waals surface area (Å²) in [7, 11) is 0. The first-order valence-electron chi connectivity index (χ1n) is 7.37. The van der Waals surface area contributed by atoms with Crippen molar-refractivity contribution >= 4 is 11.8 Å². The summed E-state index contributed by atoms with van der Waals surface area (Å²) in [6, 6.07) is 9.00. The summed E-state index contributed by atoms with van der Waals surface area (Å²) in [5.41, 5.74) is 2.32. The average Bonchev–Trinajstić information content (AvgIpc) is 2.42. The molecule has 1 rings (SSSR count). The van der Waals surface area contributed by atoms with Crippen LogP contribution in [0.1, 0.15) is 44.2 Å². The largest absolute Gasteiger partial charge is 0.300 e. The Kier molecular flexibility index (Phi) is 7.12. The maximum atomic E-state index is 9.20. The van der Waals surface area contributed by atoms with E-state index in [1.54, 1.807) is 0 Å². The van der Waals surface area contributed by atoms with Crippen LogP contribution in [0.25, 0.3) is 0 Å². The first-order chi connectivity index (χ1) is 9.50. The van der Waals surface area contributed by atoms with E-state index < -0.39 is 0 Å². The van der Waals surface area contributed by atoms with Crippen molar-refractivity contribution in [1.29, 1.82) is 5.26 Å². The number of nitrogens with zero attached hydrogens (tertiary/aromatic N) is 1. The number of thioether (sulfide) groups is 1. The molecule has 0 fully saturated rings. The minimum absolute atomic E-state index is 0.362. The standard InChI is InChI=1S/C17H26N2S/c1-5-19-17(4,13-18)10-6-7-11-20-16-12-14(2)8-9-15(16)3/h8-9,12,19H,5-7,10-11H2,1-4H3. The Labute approximate surface area is 128 Å². The van der Waals surface area contributed by atoms with Crippen molar-refractivity contribution in [2.45, 2.75) is 57.4 Å². The van der Waals surface area contributed by atoms with Crippen molar-refractivity contribution in [2.75, 3.05) is 12.3 Å². The lowest BCUT2D eigenvalue weighted by atomic mass is 9.97. The Hall–Kier alpha value is -0.980. The van der Waals surface area contributed by atoms with Crippen LogP contribution in [0, 0.1) is 25.2 Å². The number of hydrogen-bond acceptors (Lipinski definition) is 3. The summed E-state index contributed by atoms with van der Waals surface area (Å²) in [5.74, 6) is 1.12. The Bertz CT molecular complexity index is 465. The molecule has 0 aromatic heterocycles. The van der Waals surface area contributed by atoms with Crippen molar-refractivity contribution in [2.24, 2.45) is 0 Å². The predicted octanol–water partition coefficient (Wildman–Crippen LogP) is 4.46.